The van der Waals surface area contributed by atoms with Gasteiger partial charge in [-0.3, -0.25) is 0 Å². The Morgan fingerprint density at radius 1 is 1.05 bits per heavy atom. The summed E-state index contributed by atoms with van der Waals surface area (Å²) in [5.41, 5.74) is 3.81. The molecule has 0 bridgehead atoms. The normalized spacial score (nSPS) is 13.3. The van der Waals surface area contributed by atoms with Crippen LogP contribution in [0.1, 0.15) is 23.1 Å². The molecule has 0 fully saturated rings. The third-order valence-corrected chi connectivity index (χ3v) is 4.82. The minimum Gasteiger partial charge on any atom is -0.423 e. The van der Waals surface area contributed by atoms with Crippen LogP contribution in [0, 0.1) is 5.82 Å². The molecule has 0 spiro atoms. The van der Waals surface area contributed by atoms with Gasteiger partial charge in [0.1, 0.15) is 5.82 Å². The van der Waals surface area contributed by atoms with E-state index in [2.05, 4.69) is 18.2 Å². The van der Waals surface area contributed by atoms with Gasteiger partial charge in [-0.05, 0) is 65.7 Å². The topological polar surface area (TPSA) is 40.5 Å². The van der Waals surface area contributed by atoms with Crippen molar-refractivity contribution in [1.29, 1.82) is 0 Å². The van der Waals surface area contributed by atoms with Gasteiger partial charge in [-0.15, -0.1) is 11.8 Å². The average molecular weight is 302 g/mol. The highest BCUT2D eigenvalue weighted by Gasteiger charge is 2.14. The van der Waals surface area contributed by atoms with Crippen molar-refractivity contribution < 1.29 is 14.4 Å². The molecule has 2 nitrogen and oxygen atoms in total. The number of benzene rings is 2. The monoisotopic (exact) mass is 302 g/mol. The van der Waals surface area contributed by atoms with E-state index in [1.165, 1.54) is 34.9 Å². The molecule has 1 aliphatic carbocycles. The lowest BCUT2D eigenvalue weighted by molar-refractivity contribution is 0.425. The number of hydrogen-bond donors (Lipinski definition) is 2. The van der Waals surface area contributed by atoms with Crippen LogP contribution in [0.4, 0.5) is 4.39 Å². The van der Waals surface area contributed by atoms with E-state index in [1.54, 1.807) is 17.8 Å². The standard InChI is InChI=1S/C16H16BFO2S/c18-15-7-11(6-14(9-15)17(19)20)10-21-16-5-4-12-2-1-3-13(12)8-16/h4-9,19-20H,1-3,10H2. The second-order valence-electron chi connectivity index (χ2n) is 5.34. The van der Waals surface area contributed by atoms with Gasteiger partial charge in [0.15, 0.2) is 0 Å². The fraction of sp³-hybridized carbons (Fsp3) is 0.250. The second-order valence-corrected chi connectivity index (χ2v) is 6.39. The maximum absolute atomic E-state index is 13.5. The Hall–Kier alpha value is -1.30. The van der Waals surface area contributed by atoms with Gasteiger partial charge in [0.25, 0.3) is 0 Å². The molecule has 2 aromatic carbocycles. The zero-order valence-corrected chi connectivity index (χ0v) is 12.4. The largest absolute Gasteiger partial charge is 0.488 e. The van der Waals surface area contributed by atoms with E-state index in [0.29, 0.717) is 5.75 Å². The maximum atomic E-state index is 13.5. The van der Waals surface area contributed by atoms with E-state index in [-0.39, 0.29) is 5.46 Å². The summed E-state index contributed by atoms with van der Waals surface area (Å²) >= 11 is 1.64. The van der Waals surface area contributed by atoms with Crippen molar-refractivity contribution >= 4 is 24.3 Å². The molecule has 5 heteroatoms. The third-order valence-electron chi connectivity index (χ3n) is 3.75. The molecule has 1 aliphatic rings. The number of hydrogen-bond acceptors (Lipinski definition) is 3. The lowest BCUT2D eigenvalue weighted by Crippen LogP contribution is -2.30. The van der Waals surface area contributed by atoms with Crippen LogP contribution in [-0.2, 0) is 18.6 Å². The Morgan fingerprint density at radius 2 is 1.86 bits per heavy atom. The molecule has 108 valence electrons. The summed E-state index contributed by atoms with van der Waals surface area (Å²) in [6.45, 7) is 0. The van der Waals surface area contributed by atoms with Crippen LogP contribution < -0.4 is 5.46 Å². The van der Waals surface area contributed by atoms with Crippen LogP contribution in [0.3, 0.4) is 0 Å². The van der Waals surface area contributed by atoms with Crippen LogP contribution in [-0.4, -0.2) is 17.2 Å². The zero-order chi connectivity index (χ0) is 14.8. The predicted molar refractivity (Wildman–Crippen MR) is 84.3 cm³/mol. The van der Waals surface area contributed by atoms with Crippen molar-refractivity contribution in [2.24, 2.45) is 0 Å². The van der Waals surface area contributed by atoms with Crippen LogP contribution in [0.15, 0.2) is 41.3 Å². The molecule has 0 aliphatic heterocycles. The molecule has 0 unspecified atom stereocenters. The second kappa shape index (κ2) is 6.22. The van der Waals surface area contributed by atoms with E-state index >= 15 is 0 Å². The summed E-state index contributed by atoms with van der Waals surface area (Å²) in [5.74, 6) is 0.168. The Kier molecular flexibility index (Phi) is 4.33. The number of fused-ring (bicyclic) bond motifs is 1. The number of aryl methyl sites for hydroxylation is 2. The Labute approximate surface area is 128 Å². The lowest BCUT2D eigenvalue weighted by Gasteiger charge is -2.07. The van der Waals surface area contributed by atoms with Gasteiger partial charge in [-0.1, -0.05) is 12.1 Å². The first-order chi connectivity index (χ1) is 10.1. The molecule has 2 N–H and O–H groups in total. The quantitative estimate of drug-likeness (QED) is 0.672. The maximum Gasteiger partial charge on any atom is 0.488 e. The highest BCUT2D eigenvalue weighted by Crippen LogP contribution is 2.29. The molecule has 0 saturated heterocycles. The van der Waals surface area contributed by atoms with Crippen molar-refractivity contribution in [3.63, 3.8) is 0 Å². The molecule has 21 heavy (non-hydrogen) atoms. The first-order valence-corrected chi connectivity index (χ1v) is 8.00. The third kappa shape index (κ3) is 3.48. The predicted octanol–water partition coefficient (Wildman–Crippen LogP) is 2.29. The highest BCUT2D eigenvalue weighted by atomic mass is 32.2. The molecule has 2 aromatic rings. The van der Waals surface area contributed by atoms with Gasteiger partial charge in [-0.2, -0.15) is 0 Å². The van der Waals surface area contributed by atoms with Crippen LogP contribution in [0.5, 0.6) is 0 Å². The molecule has 0 amide bonds. The van der Waals surface area contributed by atoms with Gasteiger partial charge in [0.2, 0.25) is 0 Å². The van der Waals surface area contributed by atoms with E-state index in [4.69, 9.17) is 10.0 Å². The van der Waals surface area contributed by atoms with Gasteiger partial charge in [0, 0.05) is 10.6 Å². The SMILES string of the molecule is OB(O)c1cc(F)cc(CSc2ccc3c(c2)CCC3)c1. The summed E-state index contributed by atoms with van der Waals surface area (Å²) in [6, 6.07) is 10.7. The van der Waals surface area contributed by atoms with E-state index in [1.807, 2.05) is 0 Å². The molecule has 0 aromatic heterocycles. The van der Waals surface area contributed by atoms with Gasteiger partial charge >= 0.3 is 7.12 Å². The van der Waals surface area contributed by atoms with Crippen molar-refractivity contribution in [2.45, 2.75) is 29.9 Å². The van der Waals surface area contributed by atoms with Crippen molar-refractivity contribution in [3.8, 4) is 0 Å². The fourth-order valence-electron chi connectivity index (χ4n) is 2.71. The summed E-state index contributed by atoms with van der Waals surface area (Å²) in [7, 11) is -1.63. The number of rotatable bonds is 4. The highest BCUT2D eigenvalue weighted by molar-refractivity contribution is 7.98. The minimum absolute atomic E-state index is 0.194. The smallest absolute Gasteiger partial charge is 0.423 e. The van der Waals surface area contributed by atoms with E-state index < -0.39 is 12.9 Å². The molecule has 0 heterocycles. The number of halogens is 1. The molecule has 3 rings (SSSR count). The summed E-state index contributed by atoms with van der Waals surface area (Å²) in [4.78, 5) is 1.17. The van der Waals surface area contributed by atoms with Crippen molar-refractivity contribution in [1.82, 2.24) is 0 Å². The van der Waals surface area contributed by atoms with Crippen LogP contribution in [0.25, 0.3) is 0 Å². The minimum atomic E-state index is -1.63. The molecular formula is C16H16BFO2S. The molecular weight excluding hydrogens is 286 g/mol. The van der Waals surface area contributed by atoms with Gasteiger partial charge in [0.05, 0.1) is 0 Å². The molecule has 0 radical (unpaired) electrons. The first kappa shape index (κ1) is 14.6. The zero-order valence-electron chi connectivity index (χ0n) is 11.6. The Bertz CT molecular complexity index is 661. The summed E-state index contributed by atoms with van der Waals surface area (Å²) < 4.78 is 13.5. The first-order valence-electron chi connectivity index (χ1n) is 7.02. The molecule has 0 atom stereocenters. The Morgan fingerprint density at radius 3 is 2.67 bits per heavy atom. The van der Waals surface area contributed by atoms with Gasteiger partial charge < -0.3 is 10.0 Å². The van der Waals surface area contributed by atoms with Crippen molar-refractivity contribution in [3.05, 3.63) is 58.9 Å². The number of thioether (sulfide) groups is 1. The lowest BCUT2D eigenvalue weighted by atomic mass is 9.79. The summed E-state index contributed by atoms with van der Waals surface area (Å²) in [5, 5.41) is 18.3. The fourth-order valence-corrected chi connectivity index (χ4v) is 3.60. The van der Waals surface area contributed by atoms with Gasteiger partial charge in [-0.25, -0.2) is 4.39 Å². The van der Waals surface area contributed by atoms with Crippen LogP contribution in [0.2, 0.25) is 0 Å². The van der Waals surface area contributed by atoms with E-state index in [9.17, 15) is 4.39 Å². The van der Waals surface area contributed by atoms with E-state index in [0.717, 1.165) is 18.1 Å². The Balaban J connectivity index is 1.73. The molecule has 0 saturated carbocycles. The van der Waals surface area contributed by atoms with Crippen LogP contribution >= 0.6 is 11.8 Å². The van der Waals surface area contributed by atoms with Crippen molar-refractivity contribution in [2.75, 3.05) is 0 Å². The summed E-state index contributed by atoms with van der Waals surface area (Å²) in [6.07, 6.45) is 3.54. The average Bonchev–Trinajstić information content (AvgIpc) is 2.92.